The van der Waals surface area contributed by atoms with E-state index in [1.807, 2.05) is 0 Å². The van der Waals surface area contributed by atoms with E-state index in [4.69, 9.17) is 18.9 Å². The zero-order valence-corrected chi connectivity index (χ0v) is 24.7. The van der Waals surface area contributed by atoms with Gasteiger partial charge in [0.15, 0.2) is 18.1 Å². The molecule has 1 heterocycles. The van der Waals surface area contributed by atoms with Gasteiger partial charge in [0.05, 0.1) is 36.5 Å². The number of ether oxygens (including phenoxy) is 4. The minimum Gasteiger partial charge on any atom is -0.493 e. The van der Waals surface area contributed by atoms with E-state index < -0.39 is 28.9 Å². The minimum absolute atomic E-state index is 0.0137. The molecule has 3 aromatic carbocycles. The van der Waals surface area contributed by atoms with Gasteiger partial charge in [0.25, 0.3) is 11.6 Å². The van der Waals surface area contributed by atoms with E-state index in [1.54, 1.807) is 68.4 Å². The molecule has 234 valence electrons. The van der Waals surface area contributed by atoms with E-state index in [9.17, 15) is 24.5 Å². The Labute approximate surface area is 258 Å². The molecule has 14 heteroatoms. The molecule has 0 fully saturated rings. The lowest BCUT2D eigenvalue weighted by Gasteiger charge is -2.28. The maximum Gasteiger partial charge on any atom is 0.338 e. The van der Waals surface area contributed by atoms with Crippen molar-refractivity contribution >= 4 is 29.8 Å². The summed E-state index contributed by atoms with van der Waals surface area (Å²) < 4.78 is 21.9. The predicted molar refractivity (Wildman–Crippen MR) is 162 cm³/mol. The summed E-state index contributed by atoms with van der Waals surface area (Å²) in [5.74, 6) is 0.0626. The lowest BCUT2D eigenvalue weighted by Crippen LogP contribution is -2.45. The van der Waals surface area contributed by atoms with E-state index in [-0.39, 0.29) is 42.6 Å². The number of rotatable bonds is 13. The van der Waals surface area contributed by atoms with Crippen LogP contribution in [-0.4, -0.2) is 49.4 Å². The topological polar surface area (TPSA) is 180 Å². The largest absolute Gasteiger partial charge is 0.493 e. The van der Waals surface area contributed by atoms with E-state index in [0.29, 0.717) is 22.6 Å². The third kappa shape index (κ3) is 8.56. The number of methoxy groups -OCH3 is 1. The molecule has 0 unspecified atom stereocenters. The number of non-ortho nitro benzene ring substituents is 1. The van der Waals surface area contributed by atoms with Gasteiger partial charge in [-0.2, -0.15) is 5.10 Å². The summed E-state index contributed by atoms with van der Waals surface area (Å²) in [5, 5.41) is 20.0. The summed E-state index contributed by atoms with van der Waals surface area (Å²) in [4.78, 5) is 47.4. The first-order valence-corrected chi connectivity index (χ1v) is 13.7. The number of amides is 3. The van der Waals surface area contributed by atoms with E-state index >= 15 is 0 Å². The summed E-state index contributed by atoms with van der Waals surface area (Å²) in [5.41, 5.74) is 5.08. The van der Waals surface area contributed by atoms with Crippen LogP contribution in [-0.2, 0) is 20.9 Å². The average Bonchev–Trinajstić information content (AvgIpc) is 3.03. The maximum atomic E-state index is 12.6. The van der Waals surface area contributed by atoms with Crippen LogP contribution in [0.15, 0.2) is 83.1 Å². The van der Waals surface area contributed by atoms with Crippen LogP contribution in [0.2, 0.25) is 0 Å². The van der Waals surface area contributed by atoms with Gasteiger partial charge in [-0.25, -0.2) is 15.0 Å². The Bertz CT molecular complexity index is 1620. The number of allylic oxidation sites excluding steroid dienone is 1. The summed E-state index contributed by atoms with van der Waals surface area (Å²) in [6, 6.07) is 16.6. The molecule has 0 saturated heterocycles. The second kappa shape index (κ2) is 15.0. The number of hydrazone groups is 1. The van der Waals surface area contributed by atoms with Crippen LogP contribution in [0.3, 0.4) is 0 Å². The van der Waals surface area contributed by atoms with Crippen molar-refractivity contribution in [3.8, 4) is 17.2 Å². The number of nitrogens with zero attached hydrogens (tertiary/aromatic N) is 2. The molecule has 4 rings (SSSR count). The van der Waals surface area contributed by atoms with Crippen LogP contribution in [0.4, 0.5) is 10.5 Å². The van der Waals surface area contributed by atoms with Crippen molar-refractivity contribution in [2.75, 3.05) is 20.3 Å². The standard InChI is InChI=1S/C31H31N5O9/c1-4-43-30(38)28-19(2)33-31(39)34-29(28)22-9-14-25(26(15-22)42-3)45-18-27(37)35-32-16-20-7-12-24(13-8-20)44-17-21-5-10-23(11-6-21)36(40)41/h5-16,29H,4,17-18H2,1-3H3,(H,35,37)(H2,33,34,39)/b32-16-/t29-/m1/s1. The Balaban J connectivity index is 1.29. The predicted octanol–water partition coefficient (Wildman–Crippen LogP) is 3.90. The number of nitro groups is 1. The average molecular weight is 618 g/mol. The Morgan fingerprint density at radius 1 is 1.04 bits per heavy atom. The molecule has 0 spiro atoms. The molecule has 3 amide bonds. The van der Waals surface area contributed by atoms with Crippen molar-refractivity contribution in [3.05, 3.63) is 105 Å². The van der Waals surface area contributed by atoms with Gasteiger partial charge in [0.2, 0.25) is 0 Å². The molecule has 1 atom stereocenters. The summed E-state index contributed by atoms with van der Waals surface area (Å²) in [6.07, 6.45) is 1.46. The Morgan fingerprint density at radius 2 is 1.78 bits per heavy atom. The zero-order valence-electron chi connectivity index (χ0n) is 24.7. The van der Waals surface area contributed by atoms with Crippen molar-refractivity contribution in [1.29, 1.82) is 0 Å². The highest BCUT2D eigenvalue weighted by molar-refractivity contribution is 5.95. The third-order valence-electron chi connectivity index (χ3n) is 6.48. The van der Waals surface area contributed by atoms with E-state index in [1.165, 1.54) is 25.5 Å². The molecule has 0 aliphatic carbocycles. The van der Waals surface area contributed by atoms with E-state index in [0.717, 1.165) is 5.56 Å². The van der Waals surface area contributed by atoms with Crippen molar-refractivity contribution in [2.45, 2.75) is 26.5 Å². The minimum atomic E-state index is -0.783. The zero-order chi connectivity index (χ0) is 32.3. The summed E-state index contributed by atoms with van der Waals surface area (Å²) >= 11 is 0. The molecule has 0 bridgehead atoms. The second-order valence-electron chi connectivity index (χ2n) is 9.56. The van der Waals surface area contributed by atoms with Gasteiger partial charge in [-0.05, 0) is 79.1 Å². The van der Waals surface area contributed by atoms with Gasteiger partial charge in [-0.1, -0.05) is 6.07 Å². The van der Waals surface area contributed by atoms with Gasteiger partial charge in [-0.15, -0.1) is 0 Å². The Hall–Kier alpha value is -5.92. The number of nitrogens with one attached hydrogen (secondary N) is 3. The first-order valence-electron chi connectivity index (χ1n) is 13.7. The number of hydrogen-bond donors (Lipinski definition) is 3. The van der Waals surface area contributed by atoms with Gasteiger partial charge in [-0.3, -0.25) is 14.9 Å². The van der Waals surface area contributed by atoms with Crippen molar-refractivity contribution in [2.24, 2.45) is 5.10 Å². The molecular formula is C31H31N5O9. The molecular weight excluding hydrogens is 586 g/mol. The quantitative estimate of drug-likeness (QED) is 0.111. The van der Waals surface area contributed by atoms with Crippen molar-refractivity contribution in [3.63, 3.8) is 0 Å². The van der Waals surface area contributed by atoms with Crippen molar-refractivity contribution in [1.82, 2.24) is 16.1 Å². The van der Waals surface area contributed by atoms with Crippen LogP contribution in [0, 0.1) is 10.1 Å². The smallest absolute Gasteiger partial charge is 0.338 e. The molecule has 3 aromatic rings. The summed E-state index contributed by atoms with van der Waals surface area (Å²) in [6.45, 7) is 3.36. The fourth-order valence-corrected chi connectivity index (χ4v) is 4.29. The third-order valence-corrected chi connectivity index (χ3v) is 6.48. The maximum absolute atomic E-state index is 12.6. The fourth-order valence-electron chi connectivity index (χ4n) is 4.29. The van der Waals surface area contributed by atoms with Gasteiger partial charge < -0.3 is 29.6 Å². The lowest BCUT2D eigenvalue weighted by molar-refractivity contribution is -0.384. The number of urea groups is 1. The first-order chi connectivity index (χ1) is 21.7. The fraction of sp³-hybridized carbons (Fsp3) is 0.226. The van der Waals surface area contributed by atoms with Gasteiger partial charge in [0, 0.05) is 17.8 Å². The molecule has 0 saturated carbocycles. The number of nitro benzene ring substituents is 1. The van der Waals surface area contributed by atoms with Crippen LogP contribution in [0.25, 0.3) is 0 Å². The van der Waals surface area contributed by atoms with Gasteiger partial charge in [0.1, 0.15) is 12.4 Å². The Morgan fingerprint density at radius 3 is 2.44 bits per heavy atom. The van der Waals surface area contributed by atoms with Crippen LogP contribution in [0.5, 0.6) is 17.2 Å². The summed E-state index contributed by atoms with van der Waals surface area (Å²) in [7, 11) is 1.43. The first kappa shape index (κ1) is 32.0. The SMILES string of the molecule is CCOC(=O)C1=C(C)NC(=O)N[C@@H]1c1ccc(OCC(=O)N/N=C\c2ccc(OCc3ccc([N+](=O)[O-])cc3)cc2)c(OC)c1. The number of hydrogen-bond acceptors (Lipinski definition) is 10. The van der Waals surface area contributed by atoms with E-state index in [2.05, 4.69) is 21.2 Å². The van der Waals surface area contributed by atoms with Crippen LogP contribution < -0.4 is 30.3 Å². The van der Waals surface area contributed by atoms with Crippen molar-refractivity contribution < 1.29 is 38.3 Å². The number of esters is 1. The van der Waals surface area contributed by atoms with Crippen LogP contribution >= 0.6 is 0 Å². The highest BCUT2D eigenvalue weighted by atomic mass is 16.6. The molecule has 45 heavy (non-hydrogen) atoms. The number of carbonyl (C=O) groups is 3. The molecule has 14 nitrogen and oxygen atoms in total. The molecule has 0 radical (unpaired) electrons. The highest BCUT2D eigenvalue weighted by Gasteiger charge is 2.32. The monoisotopic (exact) mass is 617 g/mol. The highest BCUT2D eigenvalue weighted by Crippen LogP contribution is 2.34. The normalized spacial score (nSPS) is 14.3. The lowest BCUT2D eigenvalue weighted by atomic mass is 9.95. The number of carbonyl (C=O) groups excluding carboxylic acids is 3. The molecule has 1 aliphatic rings. The van der Waals surface area contributed by atoms with Crippen LogP contribution in [0.1, 0.15) is 36.6 Å². The molecule has 1 aliphatic heterocycles. The Kier molecular flexibility index (Phi) is 10.7. The second-order valence-corrected chi connectivity index (χ2v) is 9.56. The molecule has 3 N–H and O–H groups in total. The number of benzene rings is 3. The van der Waals surface area contributed by atoms with Gasteiger partial charge >= 0.3 is 12.0 Å². The molecule has 0 aromatic heterocycles.